The lowest BCUT2D eigenvalue weighted by atomic mass is 9.88. The van der Waals surface area contributed by atoms with Crippen LogP contribution in [-0.4, -0.2) is 26.2 Å². The van der Waals surface area contributed by atoms with Crippen LogP contribution in [-0.2, 0) is 10.2 Å². The Kier molecular flexibility index (Phi) is 3.49. The van der Waals surface area contributed by atoms with Crippen LogP contribution in [0.2, 0.25) is 0 Å². The summed E-state index contributed by atoms with van der Waals surface area (Å²) in [4.78, 5) is 11.7. The molecule has 0 spiro atoms. The fourth-order valence-corrected chi connectivity index (χ4v) is 2.49. The van der Waals surface area contributed by atoms with Crippen molar-refractivity contribution < 1.29 is 18.7 Å². The molecule has 1 aliphatic rings. The Morgan fingerprint density at radius 2 is 2.05 bits per heavy atom. The van der Waals surface area contributed by atoms with Crippen LogP contribution in [0.25, 0.3) is 0 Å². The number of carbonyl (C=O) groups excluding carboxylic acids is 1. The van der Waals surface area contributed by atoms with Gasteiger partial charge in [0.25, 0.3) is 0 Å². The molecular weight excluding hydrogens is 249 g/mol. The molecular formula is C14H18FNO3. The minimum Gasteiger partial charge on any atom is -0.493 e. The summed E-state index contributed by atoms with van der Waals surface area (Å²) in [5.41, 5.74) is 6.59. The first kappa shape index (κ1) is 13.8. The van der Waals surface area contributed by atoms with E-state index < -0.39 is 11.8 Å². The van der Waals surface area contributed by atoms with Crippen molar-refractivity contribution >= 4 is 5.97 Å². The molecule has 19 heavy (non-hydrogen) atoms. The number of hydrogen-bond donors (Lipinski definition) is 1. The molecule has 1 aromatic carbocycles. The highest BCUT2D eigenvalue weighted by molar-refractivity contribution is 5.93. The monoisotopic (exact) mass is 267 g/mol. The summed E-state index contributed by atoms with van der Waals surface area (Å²) >= 11 is 0. The largest absolute Gasteiger partial charge is 0.493 e. The molecule has 1 aromatic rings. The third kappa shape index (κ3) is 2.18. The first-order valence-electron chi connectivity index (χ1n) is 6.18. The zero-order valence-corrected chi connectivity index (χ0v) is 11.3. The van der Waals surface area contributed by atoms with Crippen molar-refractivity contribution in [3.05, 3.63) is 29.1 Å². The van der Waals surface area contributed by atoms with Gasteiger partial charge in [-0.1, -0.05) is 0 Å². The number of nitrogens with two attached hydrogens (primary N) is 1. The number of methoxy groups -OCH3 is 2. The van der Waals surface area contributed by atoms with Crippen LogP contribution >= 0.6 is 0 Å². The number of rotatable bonds is 4. The smallest absolute Gasteiger partial charge is 0.341 e. The molecule has 5 heteroatoms. The zero-order chi connectivity index (χ0) is 14.2. The van der Waals surface area contributed by atoms with Gasteiger partial charge in [0.15, 0.2) is 11.6 Å². The molecule has 2 N–H and O–H groups in total. The fourth-order valence-electron chi connectivity index (χ4n) is 2.49. The van der Waals surface area contributed by atoms with Crippen LogP contribution < -0.4 is 10.5 Å². The average Bonchev–Trinajstić information content (AvgIpc) is 3.18. The second-order valence-corrected chi connectivity index (χ2v) is 4.98. The van der Waals surface area contributed by atoms with Gasteiger partial charge in [-0.25, -0.2) is 9.18 Å². The van der Waals surface area contributed by atoms with Crippen LogP contribution in [0.1, 0.15) is 35.7 Å². The summed E-state index contributed by atoms with van der Waals surface area (Å²) in [7, 11) is 2.58. The van der Waals surface area contributed by atoms with E-state index in [2.05, 4.69) is 4.74 Å². The van der Waals surface area contributed by atoms with Crippen molar-refractivity contribution in [1.29, 1.82) is 0 Å². The number of halogens is 1. The lowest BCUT2D eigenvalue weighted by Gasteiger charge is -2.21. The standard InChI is InChI=1S/C14H18FNO3/c1-8(16)14(4-5-14)9-6-10(13(17)19-3)12(18-2)11(15)7-9/h6-8H,4-5,16H2,1-3H3. The molecule has 1 fully saturated rings. The van der Waals surface area contributed by atoms with Crippen LogP contribution in [0.3, 0.4) is 0 Å². The van der Waals surface area contributed by atoms with Gasteiger partial charge >= 0.3 is 5.97 Å². The van der Waals surface area contributed by atoms with Gasteiger partial charge in [-0.15, -0.1) is 0 Å². The van der Waals surface area contributed by atoms with Gasteiger partial charge < -0.3 is 15.2 Å². The molecule has 0 radical (unpaired) electrons. The molecule has 0 aliphatic heterocycles. The van der Waals surface area contributed by atoms with E-state index in [9.17, 15) is 9.18 Å². The van der Waals surface area contributed by atoms with Crippen LogP contribution in [0.15, 0.2) is 12.1 Å². The molecule has 1 saturated carbocycles. The summed E-state index contributed by atoms with van der Waals surface area (Å²) in [6, 6.07) is 2.94. The summed E-state index contributed by atoms with van der Waals surface area (Å²) in [6.45, 7) is 1.90. The van der Waals surface area contributed by atoms with Crippen molar-refractivity contribution in [2.24, 2.45) is 5.73 Å². The van der Waals surface area contributed by atoms with E-state index in [0.29, 0.717) is 0 Å². The number of ether oxygens (including phenoxy) is 2. The highest BCUT2D eigenvalue weighted by Crippen LogP contribution is 2.51. The van der Waals surface area contributed by atoms with E-state index in [1.165, 1.54) is 20.3 Å². The van der Waals surface area contributed by atoms with Gasteiger partial charge in [-0.05, 0) is 37.5 Å². The second-order valence-electron chi connectivity index (χ2n) is 4.98. The number of esters is 1. The predicted molar refractivity (Wildman–Crippen MR) is 68.9 cm³/mol. The van der Waals surface area contributed by atoms with E-state index in [-0.39, 0.29) is 22.8 Å². The summed E-state index contributed by atoms with van der Waals surface area (Å²) < 4.78 is 23.7. The Morgan fingerprint density at radius 1 is 1.42 bits per heavy atom. The minimum absolute atomic E-state index is 0.0870. The Bertz CT molecular complexity index is 510. The van der Waals surface area contributed by atoms with Crippen molar-refractivity contribution in [3.8, 4) is 5.75 Å². The average molecular weight is 267 g/mol. The maximum Gasteiger partial charge on any atom is 0.341 e. The first-order valence-corrected chi connectivity index (χ1v) is 6.18. The second kappa shape index (κ2) is 4.81. The normalized spacial score (nSPS) is 17.7. The molecule has 0 heterocycles. The minimum atomic E-state index is -0.613. The highest BCUT2D eigenvalue weighted by atomic mass is 19.1. The quantitative estimate of drug-likeness (QED) is 0.848. The van der Waals surface area contributed by atoms with E-state index in [1.54, 1.807) is 6.07 Å². The molecule has 104 valence electrons. The predicted octanol–water partition coefficient (Wildman–Crippen LogP) is 2.00. The van der Waals surface area contributed by atoms with Gasteiger partial charge in [0.2, 0.25) is 0 Å². The highest BCUT2D eigenvalue weighted by Gasteiger charge is 2.48. The van der Waals surface area contributed by atoms with Crippen LogP contribution in [0.4, 0.5) is 4.39 Å². The van der Waals surface area contributed by atoms with Crippen LogP contribution in [0, 0.1) is 5.82 Å². The third-order valence-corrected chi connectivity index (χ3v) is 3.89. The van der Waals surface area contributed by atoms with E-state index in [0.717, 1.165) is 18.4 Å². The molecule has 1 aliphatic carbocycles. The third-order valence-electron chi connectivity index (χ3n) is 3.89. The zero-order valence-electron chi connectivity index (χ0n) is 11.3. The number of benzene rings is 1. The number of carbonyl (C=O) groups is 1. The van der Waals surface area contributed by atoms with Crippen molar-refractivity contribution in [1.82, 2.24) is 0 Å². The SMILES string of the molecule is COC(=O)c1cc(C2(C(C)N)CC2)cc(F)c1OC. The van der Waals surface area contributed by atoms with Gasteiger partial charge in [-0.2, -0.15) is 0 Å². The molecule has 1 atom stereocenters. The van der Waals surface area contributed by atoms with E-state index in [4.69, 9.17) is 10.5 Å². The lowest BCUT2D eigenvalue weighted by molar-refractivity contribution is 0.0596. The molecule has 0 bridgehead atoms. The van der Waals surface area contributed by atoms with Crippen molar-refractivity contribution in [2.75, 3.05) is 14.2 Å². The van der Waals surface area contributed by atoms with Crippen LogP contribution in [0.5, 0.6) is 5.75 Å². The Labute approximate surface area is 111 Å². The topological polar surface area (TPSA) is 61.5 Å². The van der Waals surface area contributed by atoms with E-state index >= 15 is 0 Å². The summed E-state index contributed by atoms with van der Waals surface area (Å²) in [5.74, 6) is -1.26. The van der Waals surface area contributed by atoms with Gasteiger partial charge in [-0.3, -0.25) is 0 Å². The molecule has 0 saturated heterocycles. The Hall–Kier alpha value is -1.62. The summed E-state index contributed by atoms with van der Waals surface area (Å²) in [6.07, 6.45) is 1.80. The Morgan fingerprint density at radius 3 is 2.47 bits per heavy atom. The Balaban J connectivity index is 2.54. The molecule has 4 nitrogen and oxygen atoms in total. The summed E-state index contributed by atoms with van der Waals surface area (Å²) in [5, 5.41) is 0. The van der Waals surface area contributed by atoms with Crippen molar-refractivity contribution in [2.45, 2.75) is 31.2 Å². The lowest BCUT2D eigenvalue weighted by Crippen LogP contribution is -2.32. The first-order chi connectivity index (χ1) is 8.96. The molecule has 2 rings (SSSR count). The molecule has 0 aromatic heterocycles. The van der Waals surface area contributed by atoms with Gasteiger partial charge in [0, 0.05) is 11.5 Å². The molecule has 1 unspecified atom stereocenters. The van der Waals surface area contributed by atoms with E-state index in [1.807, 2.05) is 6.92 Å². The molecule has 0 amide bonds. The number of hydrogen-bond acceptors (Lipinski definition) is 4. The fraction of sp³-hybridized carbons (Fsp3) is 0.500. The maximum atomic E-state index is 14.1. The van der Waals surface area contributed by atoms with Gasteiger partial charge in [0.05, 0.1) is 14.2 Å². The maximum absolute atomic E-state index is 14.1. The van der Waals surface area contributed by atoms with Crippen molar-refractivity contribution in [3.63, 3.8) is 0 Å². The van der Waals surface area contributed by atoms with Gasteiger partial charge in [0.1, 0.15) is 5.56 Å².